The van der Waals surface area contributed by atoms with Gasteiger partial charge in [-0.2, -0.15) is 0 Å². The van der Waals surface area contributed by atoms with E-state index in [-0.39, 0.29) is 5.82 Å². The molecular weight excluding hydrogens is 172 g/mol. The number of hydrogen-bond acceptors (Lipinski definition) is 1. The van der Waals surface area contributed by atoms with Gasteiger partial charge in [0.25, 0.3) is 0 Å². The molecule has 2 N–H and O–H groups in total. The van der Waals surface area contributed by atoms with Crippen LogP contribution < -0.4 is 5.73 Å². The smallest absolute Gasteiger partial charge is 0.126 e. The molecule has 0 bridgehead atoms. The molecule has 0 saturated carbocycles. The SMILES string of the molecule is Nc1ccc(F)c(CCCP)c1. The number of hydrogen-bond donors (Lipinski definition) is 1. The highest BCUT2D eigenvalue weighted by Crippen LogP contribution is 2.14. The van der Waals surface area contributed by atoms with Crippen molar-refractivity contribution in [3.05, 3.63) is 29.6 Å². The number of nitrogens with two attached hydrogens (primary N) is 1. The largest absolute Gasteiger partial charge is 0.399 e. The highest BCUT2D eigenvalue weighted by atomic mass is 31.0. The lowest BCUT2D eigenvalue weighted by molar-refractivity contribution is 0.608. The third-order valence-corrected chi connectivity index (χ3v) is 2.13. The first-order chi connectivity index (χ1) is 5.74. The summed E-state index contributed by atoms with van der Waals surface area (Å²) < 4.78 is 13.0. The van der Waals surface area contributed by atoms with Crippen molar-refractivity contribution >= 4 is 14.9 Å². The highest BCUT2D eigenvalue weighted by molar-refractivity contribution is 7.16. The summed E-state index contributed by atoms with van der Waals surface area (Å²) in [5, 5.41) is 0. The van der Waals surface area contributed by atoms with Crippen molar-refractivity contribution < 1.29 is 4.39 Å². The van der Waals surface area contributed by atoms with Crippen LogP contribution in [0.25, 0.3) is 0 Å². The lowest BCUT2D eigenvalue weighted by Crippen LogP contribution is -1.94. The number of benzene rings is 1. The van der Waals surface area contributed by atoms with E-state index in [9.17, 15) is 4.39 Å². The molecule has 0 spiro atoms. The molecule has 0 aliphatic rings. The van der Waals surface area contributed by atoms with Crippen LogP contribution in [0.15, 0.2) is 18.2 Å². The van der Waals surface area contributed by atoms with Crippen molar-refractivity contribution in [1.29, 1.82) is 0 Å². The van der Waals surface area contributed by atoms with Crippen LogP contribution in [0.1, 0.15) is 12.0 Å². The summed E-state index contributed by atoms with van der Waals surface area (Å²) in [6.45, 7) is 0. The summed E-state index contributed by atoms with van der Waals surface area (Å²) >= 11 is 0. The zero-order valence-corrected chi connectivity index (χ0v) is 8.04. The zero-order chi connectivity index (χ0) is 8.97. The Hall–Kier alpha value is -0.620. The van der Waals surface area contributed by atoms with Crippen molar-refractivity contribution in [3.63, 3.8) is 0 Å². The van der Waals surface area contributed by atoms with Gasteiger partial charge in [-0.15, -0.1) is 9.24 Å². The van der Waals surface area contributed by atoms with Crippen molar-refractivity contribution in [2.45, 2.75) is 12.8 Å². The molecule has 1 rings (SSSR count). The Bertz CT molecular complexity index is 263. The van der Waals surface area contributed by atoms with Gasteiger partial charge in [0.15, 0.2) is 0 Å². The van der Waals surface area contributed by atoms with Crippen LogP contribution in [-0.4, -0.2) is 6.16 Å². The lowest BCUT2D eigenvalue weighted by atomic mass is 10.1. The van der Waals surface area contributed by atoms with Crippen LogP contribution in [0, 0.1) is 5.82 Å². The number of aryl methyl sites for hydroxylation is 1. The topological polar surface area (TPSA) is 26.0 Å². The van der Waals surface area contributed by atoms with Gasteiger partial charge in [-0.25, -0.2) is 4.39 Å². The zero-order valence-electron chi connectivity index (χ0n) is 6.89. The van der Waals surface area contributed by atoms with Crippen molar-refractivity contribution in [3.8, 4) is 0 Å². The quantitative estimate of drug-likeness (QED) is 0.567. The molecule has 0 saturated heterocycles. The predicted molar refractivity (Wildman–Crippen MR) is 53.7 cm³/mol. The molecule has 1 unspecified atom stereocenters. The highest BCUT2D eigenvalue weighted by Gasteiger charge is 2.00. The first-order valence-electron chi connectivity index (χ1n) is 3.98. The molecule has 0 aliphatic carbocycles. The van der Waals surface area contributed by atoms with Crippen molar-refractivity contribution in [2.24, 2.45) is 0 Å². The van der Waals surface area contributed by atoms with Crippen molar-refractivity contribution in [1.82, 2.24) is 0 Å². The van der Waals surface area contributed by atoms with Gasteiger partial charge in [-0.1, -0.05) is 0 Å². The summed E-state index contributed by atoms with van der Waals surface area (Å²) in [5.41, 5.74) is 6.88. The van der Waals surface area contributed by atoms with E-state index >= 15 is 0 Å². The minimum absolute atomic E-state index is 0.150. The Morgan fingerprint density at radius 2 is 2.17 bits per heavy atom. The summed E-state index contributed by atoms with van der Waals surface area (Å²) in [5.74, 6) is -0.150. The number of anilines is 1. The minimum atomic E-state index is -0.150. The fraction of sp³-hybridized carbons (Fsp3) is 0.333. The fourth-order valence-electron chi connectivity index (χ4n) is 1.08. The summed E-state index contributed by atoms with van der Waals surface area (Å²) in [7, 11) is 2.62. The van der Waals surface area contributed by atoms with E-state index in [1.807, 2.05) is 0 Å². The number of halogens is 1. The van der Waals surface area contributed by atoms with Crippen LogP contribution in [-0.2, 0) is 6.42 Å². The molecule has 0 radical (unpaired) electrons. The van der Waals surface area contributed by atoms with Crippen LogP contribution in [0.3, 0.4) is 0 Å². The van der Waals surface area contributed by atoms with Gasteiger partial charge < -0.3 is 5.73 Å². The molecule has 12 heavy (non-hydrogen) atoms. The van der Waals surface area contributed by atoms with E-state index in [2.05, 4.69) is 9.24 Å². The molecule has 0 aromatic heterocycles. The summed E-state index contributed by atoms with van der Waals surface area (Å²) in [6.07, 6.45) is 2.74. The normalized spacial score (nSPS) is 10.2. The monoisotopic (exact) mass is 185 g/mol. The molecule has 1 aromatic rings. The maximum absolute atomic E-state index is 13.0. The number of rotatable bonds is 3. The Morgan fingerprint density at radius 1 is 1.42 bits per heavy atom. The molecule has 0 aliphatic heterocycles. The molecule has 1 atom stereocenters. The number of nitrogen functional groups attached to an aromatic ring is 1. The van der Waals surface area contributed by atoms with E-state index in [0.717, 1.165) is 24.6 Å². The summed E-state index contributed by atoms with van der Waals surface area (Å²) in [6, 6.07) is 4.71. The van der Waals surface area contributed by atoms with Gasteiger partial charge in [-0.3, -0.25) is 0 Å². The second-order valence-electron chi connectivity index (χ2n) is 2.74. The maximum atomic E-state index is 13.0. The third-order valence-electron chi connectivity index (χ3n) is 1.72. The van der Waals surface area contributed by atoms with Crippen LogP contribution in [0.4, 0.5) is 10.1 Å². The molecule has 1 aromatic carbocycles. The Labute approximate surface area is 74.4 Å². The van der Waals surface area contributed by atoms with Crippen LogP contribution in [0.5, 0.6) is 0 Å². The van der Waals surface area contributed by atoms with E-state index in [1.54, 1.807) is 12.1 Å². The summed E-state index contributed by atoms with van der Waals surface area (Å²) in [4.78, 5) is 0. The average molecular weight is 185 g/mol. The van der Waals surface area contributed by atoms with E-state index in [4.69, 9.17) is 5.73 Å². The molecule has 0 fully saturated rings. The molecule has 0 heterocycles. The molecule has 1 nitrogen and oxygen atoms in total. The van der Waals surface area contributed by atoms with E-state index in [1.165, 1.54) is 6.07 Å². The van der Waals surface area contributed by atoms with Crippen LogP contribution in [0.2, 0.25) is 0 Å². The second-order valence-corrected chi connectivity index (χ2v) is 3.32. The van der Waals surface area contributed by atoms with Crippen LogP contribution >= 0.6 is 9.24 Å². The van der Waals surface area contributed by atoms with Gasteiger partial charge in [0.1, 0.15) is 5.82 Å². The van der Waals surface area contributed by atoms with Gasteiger partial charge >= 0.3 is 0 Å². The Kier molecular flexibility index (Phi) is 3.48. The standard InChI is InChI=1S/C9H13FNP/c10-9-4-3-8(11)6-7(9)2-1-5-12/h3-4,6H,1-2,5,11-12H2. The maximum Gasteiger partial charge on any atom is 0.126 e. The average Bonchev–Trinajstić information content (AvgIpc) is 2.07. The first kappa shape index (κ1) is 9.47. The lowest BCUT2D eigenvalue weighted by Gasteiger charge is -2.02. The van der Waals surface area contributed by atoms with Gasteiger partial charge in [0.05, 0.1) is 0 Å². The van der Waals surface area contributed by atoms with Crippen molar-refractivity contribution in [2.75, 3.05) is 11.9 Å². The predicted octanol–water partition coefficient (Wildman–Crippen LogP) is 2.22. The van der Waals surface area contributed by atoms with E-state index in [0.29, 0.717) is 5.69 Å². The van der Waals surface area contributed by atoms with Gasteiger partial charge in [0.2, 0.25) is 0 Å². The third kappa shape index (κ3) is 2.46. The Morgan fingerprint density at radius 3 is 2.83 bits per heavy atom. The Balaban J connectivity index is 2.75. The molecule has 0 amide bonds. The fourth-order valence-corrected chi connectivity index (χ4v) is 1.28. The van der Waals surface area contributed by atoms with Gasteiger partial charge in [0, 0.05) is 5.69 Å². The molecule has 3 heteroatoms. The molecular formula is C9H13FNP. The van der Waals surface area contributed by atoms with E-state index < -0.39 is 0 Å². The second kappa shape index (κ2) is 4.42. The minimum Gasteiger partial charge on any atom is -0.399 e. The van der Waals surface area contributed by atoms with Gasteiger partial charge in [-0.05, 0) is 42.8 Å². The molecule has 66 valence electrons. The first-order valence-corrected chi connectivity index (χ1v) is 4.79.